The predicted octanol–water partition coefficient (Wildman–Crippen LogP) is 0.157. The largest absolute Gasteiger partial charge is 0.496 e. The van der Waals surface area contributed by atoms with Crippen LogP contribution in [0.5, 0.6) is 5.75 Å². The molecule has 1 rings (SSSR count). The molecule has 7 heteroatoms. The van der Waals surface area contributed by atoms with Crippen LogP contribution in [0.15, 0.2) is 18.2 Å². The zero-order valence-corrected chi connectivity index (χ0v) is 9.27. The molecular formula is C10H13BF2O4. The molecule has 0 saturated heterocycles. The Labute approximate surface area is 97.9 Å². The average molecular weight is 246 g/mol. The Bertz CT molecular complexity index is 360. The highest BCUT2D eigenvalue weighted by molar-refractivity contribution is 6.58. The summed E-state index contributed by atoms with van der Waals surface area (Å²) in [6, 6.07) is 4.44. The molecule has 0 aliphatic rings. The Morgan fingerprint density at radius 2 is 2.06 bits per heavy atom. The normalized spacial score (nSPS) is 10.7. The fourth-order valence-electron chi connectivity index (χ4n) is 1.33. The third kappa shape index (κ3) is 4.30. The Balaban J connectivity index is 2.75. The number of rotatable bonds is 6. The van der Waals surface area contributed by atoms with Gasteiger partial charge in [0.2, 0.25) is 0 Å². The van der Waals surface area contributed by atoms with Crippen LogP contribution in [0.3, 0.4) is 0 Å². The maximum atomic E-state index is 11.9. The summed E-state index contributed by atoms with van der Waals surface area (Å²) >= 11 is 0. The van der Waals surface area contributed by atoms with Crippen LogP contribution in [-0.4, -0.2) is 37.3 Å². The van der Waals surface area contributed by atoms with Gasteiger partial charge in [-0.15, -0.1) is 0 Å². The van der Waals surface area contributed by atoms with Gasteiger partial charge in [-0.1, -0.05) is 12.1 Å². The first-order chi connectivity index (χ1) is 8.04. The van der Waals surface area contributed by atoms with Crippen LogP contribution in [0.2, 0.25) is 0 Å². The number of halogens is 2. The number of methoxy groups -OCH3 is 1. The number of alkyl halides is 2. The fourth-order valence-corrected chi connectivity index (χ4v) is 1.33. The molecule has 2 N–H and O–H groups in total. The molecule has 1 aromatic rings. The lowest BCUT2D eigenvalue weighted by Gasteiger charge is -2.11. The van der Waals surface area contributed by atoms with Gasteiger partial charge in [0, 0.05) is 5.56 Å². The van der Waals surface area contributed by atoms with Crippen LogP contribution < -0.4 is 10.2 Å². The molecule has 94 valence electrons. The minimum Gasteiger partial charge on any atom is -0.496 e. The number of benzene rings is 1. The van der Waals surface area contributed by atoms with Gasteiger partial charge >= 0.3 is 7.12 Å². The lowest BCUT2D eigenvalue weighted by atomic mass is 9.79. The highest BCUT2D eigenvalue weighted by Gasteiger charge is 2.14. The SMILES string of the molecule is COc1ccc(B(O)O)cc1COCC(F)F. The van der Waals surface area contributed by atoms with Crippen LogP contribution in [-0.2, 0) is 11.3 Å². The standard InChI is InChI=1S/C10H13BF2O4/c1-16-9-3-2-8(11(14)15)4-7(9)5-17-6-10(12)13/h2-4,10,14-15H,5-6H2,1H3. The van der Waals surface area contributed by atoms with E-state index < -0.39 is 20.2 Å². The van der Waals surface area contributed by atoms with Crippen molar-refractivity contribution in [2.75, 3.05) is 13.7 Å². The monoisotopic (exact) mass is 246 g/mol. The van der Waals surface area contributed by atoms with Gasteiger partial charge in [0.1, 0.15) is 12.4 Å². The predicted molar refractivity (Wildman–Crippen MR) is 58.5 cm³/mol. The molecule has 0 aromatic heterocycles. The second-order valence-corrected chi connectivity index (χ2v) is 3.35. The first-order valence-corrected chi connectivity index (χ1v) is 4.93. The molecule has 4 nitrogen and oxygen atoms in total. The van der Waals surface area contributed by atoms with Gasteiger partial charge in [-0.2, -0.15) is 0 Å². The van der Waals surface area contributed by atoms with Crippen molar-refractivity contribution in [3.8, 4) is 5.75 Å². The lowest BCUT2D eigenvalue weighted by molar-refractivity contribution is 0.00934. The molecule has 0 heterocycles. The highest BCUT2D eigenvalue weighted by atomic mass is 19.3. The quantitative estimate of drug-likeness (QED) is 0.702. The summed E-state index contributed by atoms with van der Waals surface area (Å²) in [7, 11) is -0.184. The first-order valence-electron chi connectivity index (χ1n) is 4.93. The summed E-state index contributed by atoms with van der Waals surface area (Å²) < 4.78 is 33.6. The Morgan fingerprint density at radius 3 is 2.59 bits per heavy atom. The second kappa shape index (κ2) is 6.53. The van der Waals surface area contributed by atoms with E-state index in [0.717, 1.165) is 0 Å². The van der Waals surface area contributed by atoms with Crippen molar-refractivity contribution in [3.05, 3.63) is 23.8 Å². The van der Waals surface area contributed by atoms with Gasteiger partial charge < -0.3 is 19.5 Å². The number of hydrogen-bond donors (Lipinski definition) is 2. The van der Waals surface area contributed by atoms with Gasteiger partial charge in [0.05, 0.1) is 13.7 Å². The molecule has 0 atom stereocenters. The van der Waals surface area contributed by atoms with Crippen molar-refractivity contribution in [3.63, 3.8) is 0 Å². The van der Waals surface area contributed by atoms with Crippen molar-refractivity contribution in [2.45, 2.75) is 13.0 Å². The van der Waals surface area contributed by atoms with Crippen LogP contribution in [0.25, 0.3) is 0 Å². The third-order valence-corrected chi connectivity index (χ3v) is 2.10. The molecule has 0 bridgehead atoms. The van der Waals surface area contributed by atoms with E-state index in [4.69, 9.17) is 19.5 Å². The van der Waals surface area contributed by atoms with Gasteiger partial charge in [-0.05, 0) is 11.5 Å². The number of ether oxygens (including phenoxy) is 2. The molecule has 17 heavy (non-hydrogen) atoms. The molecule has 0 unspecified atom stereocenters. The first kappa shape index (κ1) is 13.9. The fraction of sp³-hybridized carbons (Fsp3) is 0.400. The summed E-state index contributed by atoms with van der Waals surface area (Å²) in [5.41, 5.74) is 0.736. The summed E-state index contributed by atoms with van der Waals surface area (Å²) in [6.45, 7) is -0.747. The van der Waals surface area contributed by atoms with E-state index in [0.29, 0.717) is 11.3 Å². The lowest BCUT2D eigenvalue weighted by Crippen LogP contribution is -2.30. The van der Waals surface area contributed by atoms with Crippen molar-refractivity contribution in [2.24, 2.45) is 0 Å². The van der Waals surface area contributed by atoms with E-state index in [-0.39, 0.29) is 12.1 Å². The van der Waals surface area contributed by atoms with Gasteiger partial charge in [-0.25, -0.2) is 8.78 Å². The summed E-state index contributed by atoms with van der Waals surface area (Å²) in [5.74, 6) is 0.448. The summed E-state index contributed by atoms with van der Waals surface area (Å²) in [6.07, 6.45) is -2.53. The molecule has 0 spiro atoms. The van der Waals surface area contributed by atoms with E-state index >= 15 is 0 Å². The van der Waals surface area contributed by atoms with E-state index in [1.54, 1.807) is 0 Å². The van der Waals surface area contributed by atoms with Crippen molar-refractivity contribution < 1.29 is 28.3 Å². The molecular weight excluding hydrogens is 233 g/mol. The minimum absolute atomic E-state index is 0.0753. The van der Waals surface area contributed by atoms with E-state index in [9.17, 15) is 8.78 Å². The van der Waals surface area contributed by atoms with Crippen molar-refractivity contribution >= 4 is 12.6 Å². The number of hydrogen-bond acceptors (Lipinski definition) is 4. The van der Waals surface area contributed by atoms with E-state index in [2.05, 4.69) is 0 Å². The second-order valence-electron chi connectivity index (χ2n) is 3.35. The van der Waals surface area contributed by atoms with Crippen molar-refractivity contribution in [1.29, 1.82) is 0 Å². The molecule has 0 radical (unpaired) electrons. The van der Waals surface area contributed by atoms with E-state index in [1.165, 1.54) is 25.3 Å². The molecule has 0 fully saturated rings. The van der Waals surface area contributed by atoms with Crippen LogP contribution in [0.4, 0.5) is 8.78 Å². The molecule has 0 aliphatic carbocycles. The topological polar surface area (TPSA) is 58.9 Å². The maximum Gasteiger partial charge on any atom is 0.488 e. The third-order valence-electron chi connectivity index (χ3n) is 2.10. The Hall–Kier alpha value is -1.18. The zero-order chi connectivity index (χ0) is 12.8. The Morgan fingerprint density at radius 1 is 1.35 bits per heavy atom. The smallest absolute Gasteiger partial charge is 0.488 e. The van der Waals surface area contributed by atoms with Crippen LogP contribution in [0.1, 0.15) is 5.56 Å². The molecule has 0 saturated carbocycles. The van der Waals surface area contributed by atoms with Crippen LogP contribution >= 0.6 is 0 Å². The highest BCUT2D eigenvalue weighted by Crippen LogP contribution is 2.17. The Kier molecular flexibility index (Phi) is 5.34. The molecule has 0 amide bonds. The van der Waals surface area contributed by atoms with Crippen LogP contribution in [0, 0.1) is 0 Å². The maximum absolute atomic E-state index is 11.9. The average Bonchev–Trinajstić information content (AvgIpc) is 2.28. The van der Waals surface area contributed by atoms with Gasteiger partial charge in [0.15, 0.2) is 0 Å². The summed E-state index contributed by atoms with van der Waals surface area (Å²) in [5, 5.41) is 18.0. The van der Waals surface area contributed by atoms with Crippen molar-refractivity contribution in [1.82, 2.24) is 0 Å². The molecule has 0 aliphatic heterocycles. The van der Waals surface area contributed by atoms with E-state index in [1.807, 2.05) is 0 Å². The van der Waals surface area contributed by atoms with Gasteiger partial charge in [0.25, 0.3) is 6.43 Å². The zero-order valence-electron chi connectivity index (χ0n) is 9.27. The molecule has 1 aromatic carbocycles. The summed E-state index contributed by atoms with van der Waals surface area (Å²) in [4.78, 5) is 0. The minimum atomic E-state index is -2.53. The van der Waals surface area contributed by atoms with Gasteiger partial charge in [-0.3, -0.25) is 0 Å².